The van der Waals surface area contributed by atoms with E-state index in [4.69, 9.17) is 4.74 Å². The summed E-state index contributed by atoms with van der Waals surface area (Å²) in [5, 5.41) is 14.4. The molecule has 3 rings (SSSR count). The number of carbonyl (C=O) groups is 1. The molecule has 0 atom stereocenters. The standard InChI is InChI=1S/C14H14N6O3/c1-7(17-19-14-16-13(22)8(2)18-20-14)9-3-4-11-10(5-9)15-12(21)6-23-11/h3-5H,6H2,1-2H3,(H,15,21)(H2,16,19,20,22)/b17-7-. The molecule has 1 aliphatic heterocycles. The van der Waals surface area contributed by atoms with Gasteiger partial charge in [-0.1, -0.05) is 0 Å². The lowest BCUT2D eigenvalue weighted by Crippen LogP contribution is -2.25. The van der Waals surface area contributed by atoms with Crippen molar-refractivity contribution in [3.8, 4) is 5.75 Å². The van der Waals surface area contributed by atoms with Crippen molar-refractivity contribution in [2.75, 3.05) is 17.3 Å². The second-order valence-electron chi connectivity index (χ2n) is 4.94. The van der Waals surface area contributed by atoms with Gasteiger partial charge >= 0.3 is 0 Å². The van der Waals surface area contributed by atoms with Crippen LogP contribution in [-0.2, 0) is 4.79 Å². The largest absolute Gasteiger partial charge is 0.482 e. The van der Waals surface area contributed by atoms with Crippen LogP contribution in [-0.4, -0.2) is 33.4 Å². The molecule has 0 aliphatic carbocycles. The Morgan fingerprint density at radius 3 is 2.96 bits per heavy atom. The highest BCUT2D eigenvalue weighted by molar-refractivity contribution is 6.02. The van der Waals surface area contributed by atoms with Crippen molar-refractivity contribution in [3.63, 3.8) is 0 Å². The number of ether oxygens (including phenoxy) is 1. The molecule has 2 heterocycles. The van der Waals surface area contributed by atoms with Crippen molar-refractivity contribution < 1.29 is 9.53 Å². The number of hydrogen-bond donors (Lipinski definition) is 3. The van der Waals surface area contributed by atoms with Crippen LogP contribution >= 0.6 is 0 Å². The van der Waals surface area contributed by atoms with E-state index in [1.807, 2.05) is 6.07 Å². The first kappa shape index (κ1) is 14.7. The number of benzene rings is 1. The number of aromatic nitrogens is 3. The number of aromatic amines is 1. The van der Waals surface area contributed by atoms with E-state index < -0.39 is 0 Å². The number of hydrogen-bond acceptors (Lipinski definition) is 7. The summed E-state index contributed by atoms with van der Waals surface area (Å²) >= 11 is 0. The number of H-pyrrole nitrogens is 1. The molecule has 1 aromatic heterocycles. The van der Waals surface area contributed by atoms with Crippen LogP contribution in [0.4, 0.5) is 11.6 Å². The smallest absolute Gasteiger partial charge is 0.274 e. The van der Waals surface area contributed by atoms with Gasteiger partial charge < -0.3 is 10.1 Å². The van der Waals surface area contributed by atoms with Crippen LogP contribution in [0.3, 0.4) is 0 Å². The van der Waals surface area contributed by atoms with Crippen LogP contribution in [0.25, 0.3) is 0 Å². The van der Waals surface area contributed by atoms with E-state index in [2.05, 4.69) is 31.0 Å². The van der Waals surface area contributed by atoms with E-state index in [1.165, 1.54) is 0 Å². The fourth-order valence-corrected chi connectivity index (χ4v) is 1.95. The molecule has 9 nitrogen and oxygen atoms in total. The molecule has 2 aromatic rings. The maximum Gasteiger partial charge on any atom is 0.274 e. The van der Waals surface area contributed by atoms with Crippen LogP contribution in [0.5, 0.6) is 5.75 Å². The van der Waals surface area contributed by atoms with Crippen LogP contribution in [0.2, 0.25) is 0 Å². The maximum absolute atomic E-state index is 11.4. The average molecular weight is 314 g/mol. The summed E-state index contributed by atoms with van der Waals surface area (Å²) in [6.45, 7) is 3.36. The fourth-order valence-electron chi connectivity index (χ4n) is 1.95. The predicted molar refractivity (Wildman–Crippen MR) is 83.8 cm³/mol. The van der Waals surface area contributed by atoms with Gasteiger partial charge in [0.2, 0.25) is 5.95 Å². The summed E-state index contributed by atoms with van der Waals surface area (Å²) in [6, 6.07) is 5.34. The Balaban J connectivity index is 1.80. The molecule has 0 unspecified atom stereocenters. The quantitative estimate of drug-likeness (QED) is 0.564. The molecule has 1 aromatic carbocycles. The van der Waals surface area contributed by atoms with Crippen LogP contribution in [0.15, 0.2) is 28.1 Å². The Bertz CT molecular complexity index is 858. The number of fused-ring (bicyclic) bond motifs is 1. The van der Waals surface area contributed by atoms with Crippen molar-refractivity contribution in [1.29, 1.82) is 0 Å². The molecule has 0 fully saturated rings. The van der Waals surface area contributed by atoms with Gasteiger partial charge in [0.25, 0.3) is 11.5 Å². The normalized spacial score (nSPS) is 13.8. The minimum atomic E-state index is -0.330. The third kappa shape index (κ3) is 3.18. The topological polar surface area (TPSA) is 121 Å². The van der Waals surface area contributed by atoms with Gasteiger partial charge in [-0.15, -0.1) is 10.2 Å². The van der Waals surface area contributed by atoms with E-state index in [0.29, 0.717) is 17.1 Å². The highest BCUT2D eigenvalue weighted by Crippen LogP contribution is 2.28. The zero-order valence-electron chi connectivity index (χ0n) is 12.5. The minimum absolute atomic E-state index is 0.0143. The lowest BCUT2D eigenvalue weighted by Gasteiger charge is -2.18. The molecule has 0 saturated carbocycles. The monoisotopic (exact) mass is 314 g/mol. The molecule has 3 N–H and O–H groups in total. The van der Waals surface area contributed by atoms with Crippen molar-refractivity contribution in [1.82, 2.24) is 15.2 Å². The third-order valence-corrected chi connectivity index (χ3v) is 3.22. The Morgan fingerprint density at radius 1 is 1.35 bits per heavy atom. The van der Waals surface area contributed by atoms with Crippen molar-refractivity contribution in [2.24, 2.45) is 5.10 Å². The van der Waals surface area contributed by atoms with Gasteiger partial charge in [0.15, 0.2) is 6.61 Å². The zero-order chi connectivity index (χ0) is 16.4. The molecule has 9 heteroatoms. The molecule has 0 saturated heterocycles. The lowest BCUT2D eigenvalue weighted by molar-refractivity contribution is -0.118. The molecule has 1 aliphatic rings. The summed E-state index contributed by atoms with van der Waals surface area (Å²) in [5.74, 6) is 0.562. The van der Waals surface area contributed by atoms with Gasteiger partial charge in [0.1, 0.15) is 11.4 Å². The van der Waals surface area contributed by atoms with Crippen molar-refractivity contribution >= 4 is 23.3 Å². The lowest BCUT2D eigenvalue weighted by atomic mass is 10.1. The number of aryl methyl sites for hydroxylation is 1. The fraction of sp³-hybridized carbons (Fsp3) is 0.214. The second-order valence-corrected chi connectivity index (χ2v) is 4.94. The van der Waals surface area contributed by atoms with Gasteiger partial charge in [-0.25, -0.2) is 5.43 Å². The number of nitrogens with one attached hydrogen (secondary N) is 3. The highest BCUT2D eigenvalue weighted by atomic mass is 16.5. The summed E-state index contributed by atoms with van der Waals surface area (Å²) in [5.41, 5.74) is 4.60. The molecular weight excluding hydrogens is 300 g/mol. The minimum Gasteiger partial charge on any atom is -0.482 e. The second kappa shape index (κ2) is 5.87. The van der Waals surface area contributed by atoms with Crippen molar-refractivity contribution in [3.05, 3.63) is 39.8 Å². The predicted octanol–water partition coefficient (Wildman–Crippen LogP) is 0.640. The number of amides is 1. The SMILES string of the molecule is C/C(=N/Nc1nnc(C)c(=O)[nH]1)c1ccc2c(c1)NC(=O)CO2. The Hall–Kier alpha value is -3.23. The van der Waals surface area contributed by atoms with E-state index in [-0.39, 0.29) is 29.7 Å². The van der Waals surface area contributed by atoms with Crippen LogP contribution in [0.1, 0.15) is 18.2 Å². The summed E-state index contributed by atoms with van der Waals surface area (Å²) in [6.07, 6.45) is 0. The van der Waals surface area contributed by atoms with Gasteiger partial charge in [-0.3, -0.25) is 14.6 Å². The molecule has 0 spiro atoms. The van der Waals surface area contributed by atoms with E-state index in [9.17, 15) is 9.59 Å². The first-order valence-electron chi connectivity index (χ1n) is 6.84. The van der Waals surface area contributed by atoms with Crippen LogP contribution in [0, 0.1) is 6.92 Å². The summed E-state index contributed by atoms with van der Waals surface area (Å²) in [7, 11) is 0. The highest BCUT2D eigenvalue weighted by Gasteiger charge is 2.16. The van der Waals surface area contributed by atoms with Crippen LogP contribution < -0.4 is 21.0 Å². The zero-order valence-corrected chi connectivity index (χ0v) is 12.5. The number of carbonyl (C=O) groups excluding carboxylic acids is 1. The Morgan fingerprint density at radius 2 is 2.17 bits per heavy atom. The number of anilines is 2. The Kier molecular flexibility index (Phi) is 3.75. The number of nitrogens with zero attached hydrogens (tertiary/aromatic N) is 3. The maximum atomic E-state index is 11.4. The number of rotatable bonds is 3. The summed E-state index contributed by atoms with van der Waals surface area (Å²) in [4.78, 5) is 25.3. The van der Waals surface area contributed by atoms with Gasteiger partial charge in [0.05, 0.1) is 11.4 Å². The molecular formula is C14H14N6O3. The average Bonchev–Trinajstić information content (AvgIpc) is 2.55. The first-order chi connectivity index (χ1) is 11.0. The molecule has 1 amide bonds. The van der Waals surface area contributed by atoms with E-state index >= 15 is 0 Å². The molecule has 118 valence electrons. The van der Waals surface area contributed by atoms with Crippen molar-refractivity contribution in [2.45, 2.75) is 13.8 Å². The van der Waals surface area contributed by atoms with E-state index in [0.717, 1.165) is 5.56 Å². The number of hydrazone groups is 1. The first-order valence-corrected chi connectivity index (χ1v) is 6.84. The van der Waals surface area contributed by atoms with Gasteiger partial charge in [-0.05, 0) is 37.6 Å². The Labute approximate surface area is 130 Å². The summed E-state index contributed by atoms with van der Waals surface area (Å²) < 4.78 is 5.30. The van der Waals surface area contributed by atoms with E-state index in [1.54, 1.807) is 26.0 Å². The molecule has 0 radical (unpaired) electrons. The van der Waals surface area contributed by atoms with Gasteiger partial charge in [-0.2, -0.15) is 5.10 Å². The van der Waals surface area contributed by atoms with Gasteiger partial charge in [0, 0.05) is 0 Å². The molecule has 23 heavy (non-hydrogen) atoms. The third-order valence-electron chi connectivity index (χ3n) is 3.22. The molecule has 0 bridgehead atoms.